The lowest BCUT2D eigenvalue weighted by Gasteiger charge is -2.42. The van der Waals surface area contributed by atoms with Crippen molar-refractivity contribution in [1.82, 2.24) is 19.4 Å². The molecule has 1 fully saturated rings. The van der Waals surface area contributed by atoms with Gasteiger partial charge in [0.1, 0.15) is 0 Å². The first kappa shape index (κ1) is 26.6. The maximum absolute atomic E-state index is 13.1. The minimum atomic E-state index is -0.148. The van der Waals surface area contributed by atoms with Gasteiger partial charge in [0.05, 0.1) is 5.52 Å². The fraction of sp³-hybridized carbons (Fsp3) is 0.517. The van der Waals surface area contributed by atoms with E-state index >= 15 is 0 Å². The van der Waals surface area contributed by atoms with Crippen molar-refractivity contribution in [2.24, 2.45) is 17.9 Å². The predicted molar refractivity (Wildman–Crippen MR) is 147 cm³/mol. The Morgan fingerprint density at radius 1 is 1.11 bits per heavy atom. The predicted octanol–water partition coefficient (Wildman–Crippen LogP) is 4.83. The van der Waals surface area contributed by atoms with Crippen molar-refractivity contribution < 1.29 is 9.59 Å². The zero-order valence-electron chi connectivity index (χ0n) is 23.0. The molecule has 3 aromatic rings. The first-order chi connectivity index (χ1) is 17.2. The number of rotatable bonds is 5. The zero-order valence-corrected chi connectivity index (χ0v) is 23.0. The highest BCUT2D eigenvalue weighted by Gasteiger charge is 2.38. The van der Waals surface area contributed by atoms with Crippen LogP contribution in [-0.4, -0.2) is 32.0 Å². The van der Waals surface area contributed by atoms with Crippen molar-refractivity contribution in [3.05, 3.63) is 58.1 Å². The van der Waals surface area contributed by atoms with Gasteiger partial charge in [0.15, 0.2) is 5.65 Å². The van der Waals surface area contributed by atoms with E-state index in [1.54, 1.807) is 35.9 Å². The molecule has 2 atom stereocenters. The molecule has 2 N–H and O–H groups in total. The van der Waals surface area contributed by atoms with Crippen molar-refractivity contribution in [2.75, 3.05) is 5.32 Å². The average molecular weight is 506 g/mol. The quantitative estimate of drug-likeness (QED) is 0.519. The van der Waals surface area contributed by atoms with E-state index in [1.807, 2.05) is 16.7 Å². The summed E-state index contributed by atoms with van der Waals surface area (Å²) in [5.41, 5.74) is 3.61. The first-order valence-corrected chi connectivity index (χ1v) is 13.0. The number of aryl methyl sites for hydroxylation is 1. The van der Waals surface area contributed by atoms with E-state index in [9.17, 15) is 14.4 Å². The van der Waals surface area contributed by atoms with E-state index in [0.717, 1.165) is 30.5 Å². The number of carbonyl (C=O) groups excluding carboxylic acids is 2. The molecule has 2 unspecified atom stereocenters. The molecule has 1 aromatic carbocycles. The van der Waals surface area contributed by atoms with Gasteiger partial charge in [-0.3, -0.25) is 18.7 Å². The second-order valence-corrected chi connectivity index (χ2v) is 12.3. The highest BCUT2D eigenvalue weighted by atomic mass is 16.2. The molecule has 4 rings (SSSR count). The molecule has 2 aromatic heterocycles. The lowest BCUT2D eigenvalue weighted by Crippen LogP contribution is -2.48. The normalized spacial score (nSPS) is 19.5. The maximum atomic E-state index is 13.1. The van der Waals surface area contributed by atoms with Crippen LogP contribution >= 0.6 is 0 Å². The van der Waals surface area contributed by atoms with Crippen molar-refractivity contribution in [3.63, 3.8) is 0 Å². The Kier molecular flexibility index (Phi) is 7.06. The van der Waals surface area contributed by atoms with Crippen molar-refractivity contribution >= 4 is 28.7 Å². The topological polar surface area (TPSA) is 98.0 Å². The number of fused-ring (bicyclic) bond motifs is 1. The molecule has 0 radical (unpaired) electrons. The molecule has 1 aliphatic carbocycles. The zero-order chi connectivity index (χ0) is 27.1. The van der Waals surface area contributed by atoms with Crippen LogP contribution in [0, 0.1) is 10.8 Å². The highest BCUT2D eigenvalue weighted by molar-refractivity contribution is 5.95. The molecule has 2 heterocycles. The SMILES string of the molecule is CC(=O)Nc1ccc(C(=O)NC2CC(c3ccc4c(n3)n(C)c(=O)n4CC(C)(C)C)CCC2(C)C)cc1. The molecule has 8 heteroatoms. The summed E-state index contributed by atoms with van der Waals surface area (Å²) in [6, 6.07) is 11.0. The molecule has 2 amide bonds. The van der Waals surface area contributed by atoms with E-state index < -0.39 is 0 Å². The number of aromatic nitrogens is 3. The highest BCUT2D eigenvalue weighted by Crippen LogP contribution is 2.42. The minimum Gasteiger partial charge on any atom is -0.349 e. The number of benzene rings is 1. The summed E-state index contributed by atoms with van der Waals surface area (Å²) in [6.45, 7) is 12.8. The summed E-state index contributed by atoms with van der Waals surface area (Å²) in [4.78, 5) is 42.3. The Balaban J connectivity index is 1.55. The second-order valence-electron chi connectivity index (χ2n) is 12.3. The molecule has 1 aliphatic rings. The smallest absolute Gasteiger partial charge is 0.330 e. The van der Waals surface area contributed by atoms with Gasteiger partial charge >= 0.3 is 5.69 Å². The lowest BCUT2D eigenvalue weighted by molar-refractivity contribution is -0.114. The van der Waals surface area contributed by atoms with E-state index in [0.29, 0.717) is 23.4 Å². The Hall–Kier alpha value is -3.42. The molecule has 0 saturated heterocycles. The van der Waals surface area contributed by atoms with Gasteiger partial charge in [-0.2, -0.15) is 0 Å². The van der Waals surface area contributed by atoms with Crippen LogP contribution in [0.4, 0.5) is 5.69 Å². The third-order valence-electron chi connectivity index (χ3n) is 7.43. The summed E-state index contributed by atoms with van der Waals surface area (Å²) in [7, 11) is 1.78. The van der Waals surface area contributed by atoms with Crippen LogP contribution in [0.25, 0.3) is 11.2 Å². The van der Waals surface area contributed by atoms with E-state index in [1.165, 1.54) is 6.92 Å². The third-order valence-corrected chi connectivity index (χ3v) is 7.43. The summed E-state index contributed by atoms with van der Waals surface area (Å²) < 4.78 is 3.46. The number of nitrogens with one attached hydrogen (secondary N) is 2. The number of anilines is 1. The van der Waals surface area contributed by atoms with Gasteiger partial charge in [-0.1, -0.05) is 34.6 Å². The number of hydrogen-bond donors (Lipinski definition) is 2. The van der Waals surface area contributed by atoms with Gasteiger partial charge in [-0.15, -0.1) is 0 Å². The number of imidazole rings is 1. The van der Waals surface area contributed by atoms with Crippen LogP contribution < -0.4 is 16.3 Å². The summed E-state index contributed by atoms with van der Waals surface area (Å²) in [6.07, 6.45) is 2.70. The largest absolute Gasteiger partial charge is 0.349 e. The van der Waals surface area contributed by atoms with Crippen molar-refractivity contribution in [2.45, 2.75) is 79.3 Å². The molecule has 0 bridgehead atoms. The van der Waals surface area contributed by atoms with Gasteiger partial charge in [0.25, 0.3) is 5.91 Å². The fourth-order valence-corrected chi connectivity index (χ4v) is 5.26. The Morgan fingerprint density at radius 3 is 2.41 bits per heavy atom. The Bertz CT molecular complexity index is 1380. The average Bonchev–Trinajstić information content (AvgIpc) is 3.03. The minimum absolute atomic E-state index is 0.0264. The third kappa shape index (κ3) is 5.78. The van der Waals surface area contributed by atoms with Gasteiger partial charge in [-0.25, -0.2) is 9.78 Å². The second kappa shape index (κ2) is 9.80. The standard InChI is InChI=1S/C29H39N5O3/c1-18(35)30-21-10-8-19(9-11-21)26(36)32-24-16-20(14-15-29(24,5)6)22-12-13-23-25(31-22)33(7)27(37)34(23)17-28(2,3)4/h8-13,20,24H,14-17H2,1-7H3,(H,30,35)(H,32,36). The molecular formula is C29H39N5O3. The number of carbonyl (C=O) groups is 2. The molecule has 0 spiro atoms. The van der Waals surface area contributed by atoms with E-state index in [2.05, 4.69) is 45.3 Å². The van der Waals surface area contributed by atoms with Crippen LogP contribution in [0.3, 0.4) is 0 Å². The van der Waals surface area contributed by atoms with Crippen molar-refractivity contribution in [3.8, 4) is 0 Å². The lowest BCUT2D eigenvalue weighted by atomic mass is 9.68. The molecule has 1 saturated carbocycles. The van der Waals surface area contributed by atoms with Gasteiger partial charge in [-0.05, 0) is 66.5 Å². The van der Waals surface area contributed by atoms with Crippen LogP contribution in [0.1, 0.15) is 82.8 Å². The van der Waals surface area contributed by atoms with Gasteiger partial charge in [0.2, 0.25) is 5.91 Å². The monoisotopic (exact) mass is 505 g/mol. The van der Waals surface area contributed by atoms with Crippen LogP contribution in [0.15, 0.2) is 41.2 Å². The Morgan fingerprint density at radius 2 is 1.78 bits per heavy atom. The van der Waals surface area contributed by atoms with E-state index in [4.69, 9.17) is 4.98 Å². The molecule has 198 valence electrons. The summed E-state index contributed by atoms with van der Waals surface area (Å²) in [5, 5.41) is 5.98. The van der Waals surface area contributed by atoms with Crippen LogP contribution in [-0.2, 0) is 18.4 Å². The van der Waals surface area contributed by atoms with Crippen molar-refractivity contribution in [1.29, 1.82) is 0 Å². The number of hydrogen-bond acceptors (Lipinski definition) is 4. The molecular weight excluding hydrogens is 466 g/mol. The maximum Gasteiger partial charge on any atom is 0.330 e. The number of amides is 2. The first-order valence-electron chi connectivity index (χ1n) is 13.0. The molecule has 0 aliphatic heterocycles. The molecule has 8 nitrogen and oxygen atoms in total. The molecule has 37 heavy (non-hydrogen) atoms. The van der Waals surface area contributed by atoms with E-state index in [-0.39, 0.29) is 40.3 Å². The Labute approximate surface area is 218 Å². The summed E-state index contributed by atoms with van der Waals surface area (Å²) in [5.74, 6) is -0.0890. The number of nitrogens with zero attached hydrogens (tertiary/aromatic N) is 3. The fourth-order valence-electron chi connectivity index (χ4n) is 5.26. The van der Waals surface area contributed by atoms with Gasteiger partial charge in [0, 0.05) is 49.4 Å². The van der Waals surface area contributed by atoms with Crippen LogP contribution in [0.2, 0.25) is 0 Å². The summed E-state index contributed by atoms with van der Waals surface area (Å²) >= 11 is 0. The number of pyridine rings is 1. The van der Waals surface area contributed by atoms with Crippen LogP contribution in [0.5, 0.6) is 0 Å². The van der Waals surface area contributed by atoms with Gasteiger partial charge < -0.3 is 10.6 Å².